The first-order chi connectivity index (χ1) is 8.66. The van der Waals surface area contributed by atoms with Crippen LogP contribution in [0.5, 0.6) is 0 Å². The van der Waals surface area contributed by atoms with E-state index in [0.29, 0.717) is 11.3 Å². The predicted octanol–water partition coefficient (Wildman–Crippen LogP) is 2.09. The Labute approximate surface area is 105 Å². The zero-order chi connectivity index (χ0) is 13.0. The van der Waals surface area contributed by atoms with E-state index in [1.165, 1.54) is 6.26 Å². The number of amides is 1. The van der Waals surface area contributed by atoms with Crippen molar-refractivity contribution < 1.29 is 14.0 Å². The molecule has 4 nitrogen and oxygen atoms in total. The van der Waals surface area contributed by atoms with Crippen LogP contribution in [0.3, 0.4) is 0 Å². The van der Waals surface area contributed by atoms with Gasteiger partial charge in [0.05, 0.1) is 12.8 Å². The first-order valence-corrected chi connectivity index (χ1v) is 5.58. The fourth-order valence-electron chi connectivity index (χ4n) is 1.50. The summed E-state index contributed by atoms with van der Waals surface area (Å²) in [5, 5.41) is 2.52. The molecule has 0 atom stereocenters. The molecule has 0 aliphatic carbocycles. The number of benzene rings is 1. The zero-order valence-electron chi connectivity index (χ0n) is 9.97. The van der Waals surface area contributed by atoms with Crippen LogP contribution in [0.4, 0.5) is 0 Å². The zero-order valence-corrected chi connectivity index (χ0v) is 9.97. The molecule has 0 spiro atoms. The SMILES string of the molecule is Cc1ccc(C(=O)C(=O)NCc2ccco2)cc1. The third-order valence-corrected chi connectivity index (χ3v) is 2.52. The normalized spacial score (nSPS) is 10.1. The molecule has 0 saturated carbocycles. The molecule has 18 heavy (non-hydrogen) atoms. The maximum Gasteiger partial charge on any atom is 0.292 e. The van der Waals surface area contributed by atoms with Crippen LogP contribution in [0.1, 0.15) is 21.7 Å². The summed E-state index contributed by atoms with van der Waals surface area (Å²) in [5.41, 5.74) is 1.43. The first kappa shape index (κ1) is 12.1. The molecule has 1 N–H and O–H groups in total. The maximum absolute atomic E-state index is 11.8. The highest BCUT2D eigenvalue weighted by atomic mass is 16.3. The summed E-state index contributed by atoms with van der Waals surface area (Å²) < 4.78 is 5.06. The van der Waals surface area contributed by atoms with E-state index < -0.39 is 11.7 Å². The van der Waals surface area contributed by atoms with Crippen molar-refractivity contribution in [1.29, 1.82) is 0 Å². The van der Waals surface area contributed by atoms with Crippen LogP contribution in [0, 0.1) is 6.92 Å². The quantitative estimate of drug-likeness (QED) is 0.660. The van der Waals surface area contributed by atoms with E-state index in [1.54, 1.807) is 36.4 Å². The number of carbonyl (C=O) groups is 2. The van der Waals surface area contributed by atoms with Crippen LogP contribution in [0.25, 0.3) is 0 Å². The smallest absolute Gasteiger partial charge is 0.292 e. The molecule has 92 valence electrons. The van der Waals surface area contributed by atoms with Gasteiger partial charge >= 0.3 is 0 Å². The molecule has 4 heteroatoms. The lowest BCUT2D eigenvalue weighted by atomic mass is 10.1. The summed E-state index contributed by atoms with van der Waals surface area (Å²) in [6.45, 7) is 2.13. The summed E-state index contributed by atoms with van der Waals surface area (Å²) in [4.78, 5) is 23.4. The average molecular weight is 243 g/mol. The second-order valence-electron chi connectivity index (χ2n) is 3.96. The van der Waals surface area contributed by atoms with Crippen molar-refractivity contribution in [3.05, 3.63) is 59.5 Å². The first-order valence-electron chi connectivity index (χ1n) is 5.58. The molecule has 2 rings (SSSR count). The van der Waals surface area contributed by atoms with Crippen molar-refractivity contribution in [3.63, 3.8) is 0 Å². The highest BCUT2D eigenvalue weighted by Crippen LogP contribution is 2.04. The van der Waals surface area contributed by atoms with Crippen molar-refractivity contribution in [2.45, 2.75) is 13.5 Å². The molecular weight excluding hydrogens is 230 g/mol. The van der Waals surface area contributed by atoms with E-state index in [9.17, 15) is 9.59 Å². The highest BCUT2D eigenvalue weighted by Gasteiger charge is 2.15. The van der Waals surface area contributed by atoms with Crippen LogP contribution in [-0.4, -0.2) is 11.7 Å². The van der Waals surface area contributed by atoms with Crippen molar-refractivity contribution in [1.82, 2.24) is 5.32 Å². The Morgan fingerprint density at radius 2 is 1.89 bits per heavy atom. The predicted molar refractivity (Wildman–Crippen MR) is 66.1 cm³/mol. The molecule has 1 aromatic heterocycles. The second kappa shape index (κ2) is 5.31. The third-order valence-electron chi connectivity index (χ3n) is 2.52. The van der Waals surface area contributed by atoms with Crippen molar-refractivity contribution >= 4 is 11.7 Å². The fourth-order valence-corrected chi connectivity index (χ4v) is 1.50. The van der Waals surface area contributed by atoms with Gasteiger partial charge in [-0.3, -0.25) is 9.59 Å². The van der Waals surface area contributed by atoms with E-state index in [2.05, 4.69) is 5.32 Å². The average Bonchev–Trinajstić information content (AvgIpc) is 2.89. The van der Waals surface area contributed by atoms with Gasteiger partial charge < -0.3 is 9.73 Å². The lowest BCUT2D eigenvalue weighted by Gasteiger charge is -2.03. The van der Waals surface area contributed by atoms with Crippen molar-refractivity contribution in [2.75, 3.05) is 0 Å². The van der Waals surface area contributed by atoms with Gasteiger partial charge in [0, 0.05) is 5.56 Å². The van der Waals surface area contributed by atoms with Crippen molar-refractivity contribution in [2.24, 2.45) is 0 Å². The monoisotopic (exact) mass is 243 g/mol. The second-order valence-corrected chi connectivity index (χ2v) is 3.96. The standard InChI is InChI=1S/C14H13NO3/c1-10-4-6-11(7-5-10)13(16)14(17)15-9-12-3-2-8-18-12/h2-8H,9H2,1H3,(H,15,17). The van der Waals surface area contributed by atoms with Gasteiger partial charge in [-0.15, -0.1) is 0 Å². The molecule has 0 fully saturated rings. The molecule has 1 heterocycles. The minimum absolute atomic E-state index is 0.212. The molecule has 1 aromatic carbocycles. The number of aryl methyl sites for hydroxylation is 1. The molecule has 0 unspecified atom stereocenters. The number of carbonyl (C=O) groups excluding carboxylic acids is 2. The van der Waals surface area contributed by atoms with Gasteiger partial charge in [0.15, 0.2) is 0 Å². The van der Waals surface area contributed by atoms with E-state index in [-0.39, 0.29) is 6.54 Å². The molecule has 1 amide bonds. The molecular formula is C14H13NO3. The number of Topliss-reactive ketones (excluding diaryl/α,β-unsaturated/α-hetero) is 1. The van der Waals surface area contributed by atoms with E-state index in [0.717, 1.165) is 5.56 Å². The van der Waals surface area contributed by atoms with Crippen LogP contribution >= 0.6 is 0 Å². The Balaban J connectivity index is 1.96. The molecule has 0 saturated heterocycles. The van der Waals surface area contributed by atoms with E-state index in [4.69, 9.17) is 4.42 Å². The third kappa shape index (κ3) is 2.85. The van der Waals surface area contributed by atoms with Gasteiger partial charge in [-0.05, 0) is 19.1 Å². The Hall–Kier alpha value is -2.36. The fraction of sp³-hybridized carbons (Fsp3) is 0.143. The Morgan fingerprint density at radius 1 is 1.17 bits per heavy atom. The van der Waals surface area contributed by atoms with Gasteiger partial charge in [-0.2, -0.15) is 0 Å². The minimum atomic E-state index is -0.629. The lowest BCUT2D eigenvalue weighted by Crippen LogP contribution is -2.30. The van der Waals surface area contributed by atoms with Crippen molar-refractivity contribution in [3.8, 4) is 0 Å². The summed E-state index contributed by atoms with van der Waals surface area (Å²) in [7, 11) is 0. The number of hydrogen-bond acceptors (Lipinski definition) is 3. The van der Waals surface area contributed by atoms with Gasteiger partial charge in [-0.25, -0.2) is 0 Å². The molecule has 0 radical (unpaired) electrons. The van der Waals surface area contributed by atoms with E-state index >= 15 is 0 Å². The molecule has 0 bridgehead atoms. The number of nitrogens with one attached hydrogen (secondary N) is 1. The largest absolute Gasteiger partial charge is 0.467 e. The Kier molecular flexibility index (Phi) is 3.57. The Morgan fingerprint density at radius 3 is 2.50 bits per heavy atom. The molecule has 0 aliphatic heterocycles. The van der Waals surface area contributed by atoms with Crippen LogP contribution in [-0.2, 0) is 11.3 Å². The summed E-state index contributed by atoms with van der Waals surface area (Å²) in [6, 6.07) is 10.3. The van der Waals surface area contributed by atoms with Gasteiger partial charge in [-0.1, -0.05) is 29.8 Å². The summed E-state index contributed by atoms with van der Waals surface area (Å²) in [5.74, 6) is -0.558. The Bertz CT molecular complexity index is 541. The molecule has 0 aliphatic rings. The van der Waals surface area contributed by atoms with E-state index in [1.807, 2.05) is 6.92 Å². The number of ketones is 1. The number of hydrogen-bond donors (Lipinski definition) is 1. The summed E-state index contributed by atoms with van der Waals surface area (Å²) >= 11 is 0. The number of furan rings is 1. The number of rotatable bonds is 4. The highest BCUT2D eigenvalue weighted by molar-refractivity contribution is 6.42. The lowest BCUT2D eigenvalue weighted by molar-refractivity contribution is -0.117. The minimum Gasteiger partial charge on any atom is -0.467 e. The van der Waals surface area contributed by atoms with Crippen LogP contribution in [0.2, 0.25) is 0 Å². The summed E-state index contributed by atoms with van der Waals surface area (Å²) in [6.07, 6.45) is 1.52. The van der Waals surface area contributed by atoms with Gasteiger partial charge in [0.25, 0.3) is 5.91 Å². The maximum atomic E-state index is 11.8. The topological polar surface area (TPSA) is 59.3 Å². The molecule has 2 aromatic rings. The van der Waals surface area contributed by atoms with Crippen LogP contribution in [0.15, 0.2) is 47.1 Å². The van der Waals surface area contributed by atoms with Crippen LogP contribution < -0.4 is 5.32 Å². The van der Waals surface area contributed by atoms with Gasteiger partial charge in [0.1, 0.15) is 5.76 Å². The van der Waals surface area contributed by atoms with Gasteiger partial charge in [0.2, 0.25) is 5.78 Å².